The lowest BCUT2D eigenvalue weighted by molar-refractivity contribution is 0.798. The van der Waals surface area contributed by atoms with Crippen LogP contribution >= 0.6 is 11.3 Å². The van der Waals surface area contributed by atoms with Gasteiger partial charge in [-0.2, -0.15) is 0 Å². The molecule has 0 bridgehead atoms. The van der Waals surface area contributed by atoms with E-state index in [1.54, 1.807) is 11.3 Å². The Morgan fingerprint density at radius 1 is 1.47 bits per heavy atom. The fourth-order valence-electron chi connectivity index (χ4n) is 1.54. The summed E-state index contributed by atoms with van der Waals surface area (Å²) >= 11 is 1.73. The van der Waals surface area contributed by atoms with Gasteiger partial charge >= 0.3 is 0 Å². The van der Waals surface area contributed by atoms with E-state index in [1.165, 1.54) is 10.6 Å². The normalized spacial score (nSPS) is 11.1. The Morgan fingerprint density at radius 2 is 2.13 bits per heavy atom. The summed E-state index contributed by atoms with van der Waals surface area (Å²) in [5.41, 5.74) is 6.89. The van der Waals surface area contributed by atoms with Crippen LogP contribution in [0.1, 0.15) is 43.7 Å². The number of aromatic nitrogens is 1. The van der Waals surface area contributed by atoms with Crippen LogP contribution in [0, 0.1) is 0 Å². The molecule has 86 valence electrons. The molecule has 1 aromatic rings. The van der Waals surface area contributed by atoms with Gasteiger partial charge in [0.1, 0.15) is 0 Å². The molecule has 0 saturated carbocycles. The van der Waals surface area contributed by atoms with Crippen molar-refractivity contribution in [3.63, 3.8) is 0 Å². The van der Waals surface area contributed by atoms with E-state index in [1.807, 2.05) is 0 Å². The van der Waals surface area contributed by atoms with Crippen molar-refractivity contribution in [3.8, 4) is 0 Å². The van der Waals surface area contributed by atoms with E-state index >= 15 is 0 Å². The van der Waals surface area contributed by atoms with E-state index in [0.29, 0.717) is 12.5 Å². The van der Waals surface area contributed by atoms with Crippen LogP contribution < -0.4 is 10.6 Å². The monoisotopic (exact) mass is 227 g/mol. The van der Waals surface area contributed by atoms with Crippen LogP contribution in [0.25, 0.3) is 0 Å². The number of rotatable bonds is 5. The lowest BCUT2D eigenvalue weighted by Gasteiger charge is -2.13. The van der Waals surface area contributed by atoms with E-state index in [4.69, 9.17) is 5.73 Å². The first kappa shape index (κ1) is 12.5. The van der Waals surface area contributed by atoms with Gasteiger partial charge in [-0.25, -0.2) is 4.98 Å². The molecule has 1 aromatic heterocycles. The zero-order chi connectivity index (χ0) is 11.4. The number of nitrogens with two attached hydrogens (primary N) is 1. The molecule has 0 aromatic carbocycles. The molecule has 0 fully saturated rings. The van der Waals surface area contributed by atoms with E-state index in [-0.39, 0.29) is 0 Å². The predicted octanol–water partition coefficient (Wildman–Crippen LogP) is 2.57. The van der Waals surface area contributed by atoms with Crippen molar-refractivity contribution in [3.05, 3.63) is 10.6 Å². The summed E-state index contributed by atoms with van der Waals surface area (Å²) in [7, 11) is 2.09. The maximum Gasteiger partial charge on any atom is 0.185 e. The summed E-state index contributed by atoms with van der Waals surface area (Å²) in [5, 5.41) is 1.10. The molecule has 0 saturated heterocycles. The maximum atomic E-state index is 5.73. The molecular weight excluding hydrogens is 206 g/mol. The van der Waals surface area contributed by atoms with Crippen molar-refractivity contribution in [2.45, 2.75) is 39.7 Å². The molecule has 4 heteroatoms. The fourth-order valence-corrected chi connectivity index (χ4v) is 2.62. The number of thiazole rings is 1. The first-order chi connectivity index (χ1) is 7.10. The molecule has 0 unspecified atom stereocenters. The average Bonchev–Trinajstić information content (AvgIpc) is 2.61. The molecule has 0 aliphatic carbocycles. The number of anilines is 1. The summed E-state index contributed by atoms with van der Waals surface area (Å²) < 4.78 is 0. The van der Waals surface area contributed by atoms with Gasteiger partial charge in [-0.3, -0.25) is 0 Å². The Kier molecular flexibility index (Phi) is 4.54. The highest BCUT2D eigenvalue weighted by Gasteiger charge is 2.14. The van der Waals surface area contributed by atoms with Crippen LogP contribution in [-0.4, -0.2) is 18.6 Å². The molecule has 1 rings (SSSR count). The quantitative estimate of drug-likeness (QED) is 0.840. The smallest absolute Gasteiger partial charge is 0.185 e. The Morgan fingerprint density at radius 3 is 2.53 bits per heavy atom. The highest BCUT2D eigenvalue weighted by atomic mass is 32.1. The molecular formula is C11H21N3S. The summed E-state index contributed by atoms with van der Waals surface area (Å²) in [4.78, 5) is 8.09. The maximum absolute atomic E-state index is 5.73. The van der Waals surface area contributed by atoms with Crippen LogP contribution in [0.15, 0.2) is 0 Å². The minimum Gasteiger partial charge on any atom is -0.351 e. The van der Waals surface area contributed by atoms with E-state index in [9.17, 15) is 0 Å². The van der Waals surface area contributed by atoms with Gasteiger partial charge in [0.05, 0.1) is 5.69 Å². The lowest BCUT2D eigenvalue weighted by atomic mass is 10.1. The summed E-state index contributed by atoms with van der Waals surface area (Å²) in [6.45, 7) is 8.16. The zero-order valence-corrected chi connectivity index (χ0v) is 10.9. The van der Waals surface area contributed by atoms with Crippen molar-refractivity contribution >= 4 is 16.5 Å². The Hall–Kier alpha value is -0.610. The Labute approximate surface area is 96.3 Å². The summed E-state index contributed by atoms with van der Waals surface area (Å²) in [6.07, 6.45) is 1.14. The van der Waals surface area contributed by atoms with Gasteiger partial charge in [0, 0.05) is 25.0 Å². The van der Waals surface area contributed by atoms with Crippen molar-refractivity contribution in [1.29, 1.82) is 0 Å². The van der Waals surface area contributed by atoms with Gasteiger partial charge < -0.3 is 10.6 Å². The van der Waals surface area contributed by atoms with Crippen LogP contribution in [0.4, 0.5) is 5.13 Å². The third-order valence-corrected chi connectivity index (χ3v) is 3.54. The van der Waals surface area contributed by atoms with Crippen molar-refractivity contribution < 1.29 is 0 Å². The van der Waals surface area contributed by atoms with Crippen LogP contribution in [0.3, 0.4) is 0 Å². The molecule has 0 radical (unpaired) electrons. The Balaban J connectivity index is 2.91. The average molecular weight is 227 g/mol. The number of hydrogen-bond acceptors (Lipinski definition) is 4. The largest absolute Gasteiger partial charge is 0.351 e. The molecule has 3 nitrogen and oxygen atoms in total. The standard InChI is InChI=1S/C11H21N3S/c1-5-6-14(4)11-13-10(8(2)3)9(7-12)15-11/h8H,5-7,12H2,1-4H3. The molecule has 2 N–H and O–H groups in total. The van der Waals surface area contributed by atoms with Crippen LogP contribution in [0.5, 0.6) is 0 Å². The van der Waals surface area contributed by atoms with Gasteiger partial charge in [-0.15, -0.1) is 11.3 Å². The first-order valence-corrected chi connectivity index (χ1v) is 6.32. The minimum atomic E-state index is 0.462. The summed E-state index contributed by atoms with van der Waals surface area (Å²) in [6, 6.07) is 0. The number of hydrogen-bond donors (Lipinski definition) is 1. The van der Waals surface area contributed by atoms with Crippen molar-refractivity contribution in [1.82, 2.24) is 4.98 Å². The van der Waals surface area contributed by atoms with E-state index < -0.39 is 0 Å². The molecule has 0 spiro atoms. The second kappa shape index (κ2) is 5.47. The van der Waals surface area contributed by atoms with Crippen LogP contribution in [0.2, 0.25) is 0 Å². The Bertz CT molecular complexity index is 307. The molecule has 0 amide bonds. The predicted molar refractivity (Wildman–Crippen MR) is 67.7 cm³/mol. The first-order valence-electron chi connectivity index (χ1n) is 5.50. The highest BCUT2D eigenvalue weighted by Crippen LogP contribution is 2.29. The minimum absolute atomic E-state index is 0.462. The summed E-state index contributed by atoms with van der Waals surface area (Å²) in [5.74, 6) is 0.462. The third kappa shape index (κ3) is 2.92. The van der Waals surface area contributed by atoms with Crippen molar-refractivity contribution in [2.75, 3.05) is 18.5 Å². The fraction of sp³-hybridized carbons (Fsp3) is 0.727. The second-order valence-electron chi connectivity index (χ2n) is 4.09. The third-order valence-electron chi connectivity index (χ3n) is 2.33. The van der Waals surface area contributed by atoms with Gasteiger partial charge in [0.2, 0.25) is 0 Å². The SMILES string of the molecule is CCCN(C)c1nc(C(C)C)c(CN)s1. The topological polar surface area (TPSA) is 42.2 Å². The molecule has 0 aliphatic heterocycles. The second-order valence-corrected chi connectivity index (χ2v) is 5.15. The van der Waals surface area contributed by atoms with Crippen molar-refractivity contribution in [2.24, 2.45) is 5.73 Å². The lowest BCUT2D eigenvalue weighted by Crippen LogP contribution is -2.17. The van der Waals surface area contributed by atoms with Gasteiger partial charge in [0.25, 0.3) is 0 Å². The van der Waals surface area contributed by atoms with Gasteiger partial charge in [-0.05, 0) is 12.3 Å². The van der Waals surface area contributed by atoms with Gasteiger partial charge in [0.15, 0.2) is 5.13 Å². The molecule has 1 heterocycles. The van der Waals surface area contributed by atoms with E-state index in [0.717, 1.165) is 18.1 Å². The van der Waals surface area contributed by atoms with Gasteiger partial charge in [-0.1, -0.05) is 20.8 Å². The molecule has 15 heavy (non-hydrogen) atoms. The number of nitrogens with zero attached hydrogens (tertiary/aromatic N) is 2. The molecule has 0 aliphatic rings. The van der Waals surface area contributed by atoms with Crippen LogP contribution in [-0.2, 0) is 6.54 Å². The zero-order valence-electron chi connectivity index (χ0n) is 10.1. The van der Waals surface area contributed by atoms with E-state index in [2.05, 4.69) is 37.7 Å². The molecule has 0 atom stereocenters. The highest BCUT2D eigenvalue weighted by molar-refractivity contribution is 7.15.